The van der Waals surface area contributed by atoms with Crippen LogP contribution in [-0.2, 0) is 0 Å². The number of hydrogen-bond donors (Lipinski definition) is 1. The van der Waals surface area contributed by atoms with Gasteiger partial charge < -0.3 is 5.32 Å². The summed E-state index contributed by atoms with van der Waals surface area (Å²) in [6, 6.07) is 0.861. The molecule has 1 nitrogen and oxygen atoms in total. The first-order valence-corrected chi connectivity index (χ1v) is 4.73. The normalized spacial score (nSPS) is 21.8. The fraction of sp³-hybridized carbons (Fsp3) is 1.00. The van der Waals surface area contributed by atoms with Gasteiger partial charge in [0, 0.05) is 6.04 Å². The molecule has 0 heterocycles. The summed E-state index contributed by atoms with van der Waals surface area (Å²) in [6.07, 6.45) is 2.80. The molecule has 0 amide bonds. The van der Waals surface area contributed by atoms with Crippen molar-refractivity contribution in [2.75, 3.05) is 6.54 Å². The third kappa shape index (κ3) is 3.24. The van der Waals surface area contributed by atoms with E-state index in [0.29, 0.717) is 5.41 Å². The predicted molar refractivity (Wildman–Crippen MR) is 49.6 cm³/mol. The minimum absolute atomic E-state index is 0.460. The van der Waals surface area contributed by atoms with Gasteiger partial charge in [0.25, 0.3) is 0 Å². The summed E-state index contributed by atoms with van der Waals surface area (Å²) >= 11 is 0. The second-order valence-electron chi connectivity index (χ2n) is 4.95. The molecule has 1 aliphatic rings. The standard InChI is InChI=1S/C10H21N/c1-8(10(2,3)4)7-11-9-5-6-9/h8-9,11H,5-7H2,1-4H3. The predicted octanol–water partition coefficient (Wildman–Crippen LogP) is 2.42. The van der Waals surface area contributed by atoms with Gasteiger partial charge in [0.05, 0.1) is 0 Å². The molecule has 1 unspecified atom stereocenters. The molecule has 0 bridgehead atoms. The van der Waals surface area contributed by atoms with Crippen LogP contribution in [0.4, 0.5) is 0 Å². The lowest BCUT2D eigenvalue weighted by Gasteiger charge is -2.27. The van der Waals surface area contributed by atoms with Crippen molar-refractivity contribution in [1.82, 2.24) is 5.32 Å². The van der Waals surface area contributed by atoms with E-state index in [4.69, 9.17) is 0 Å². The van der Waals surface area contributed by atoms with E-state index in [-0.39, 0.29) is 0 Å². The molecule has 0 spiro atoms. The highest BCUT2D eigenvalue weighted by atomic mass is 14.9. The lowest BCUT2D eigenvalue weighted by atomic mass is 9.82. The lowest BCUT2D eigenvalue weighted by Crippen LogP contribution is -2.30. The van der Waals surface area contributed by atoms with Crippen LogP contribution in [0.3, 0.4) is 0 Å². The van der Waals surface area contributed by atoms with Crippen molar-refractivity contribution in [3.8, 4) is 0 Å². The molecule has 1 N–H and O–H groups in total. The fourth-order valence-electron chi connectivity index (χ4n) is 0.937. The zero-order valence-corrected chi connectivity index (χ0v) is 8.28. The summed E-state index contributed by atoms with van der Waals surface area (Å²) in [7, 11) is 0. The van der Waals surface area contributed by atoms with E-state index in [1.807, 2.05) is 0 Å². The van der Waals surface area contributed by atoms with Crippen molar-refractivity contribution >= 4 is 0 Å². The first-order chi connectivity index (χ1) is 5.00. The number of hydrogen-bond acceptors (Lipinski definition) is 1. The number of rotatable bonds is 3. The molecule has 0 saturated heterocycles. The molecule has 1 saturated carbocycles. The third-order valence-corrected chi connectivity index (χ3v) is 2.77. The minimum atomic E-state index is 0.460. The highest BCUT2D eigenvalue weighted by Crippen LogP contribution is 2.26. The molecule has 1 fully saturated rings. The first kappa shape index (κ1) is 9.05. The van der Waals surface area contributed by atoms with Gasteiger partial charge in [-0.05, 0) is 30.7 Å². The van der Waals surface area contributed by atoms with Crippen LogP contribution >= 0.6 is 0 Å². The molecule has 0 aliphatic heterocycles. The Hall–Kier alpha value is -0.0400. The molecule has 0 radical (unpaired) electrons. The highest BCUT2D eigenvalue weighted by Gasteiger charge is 2.24. The zero-order chi connectivity index (χ0) is 8.48. The van der Waals surface area contributed by atoms with Crippen LogP contribution in [0, 0.1) is 11.3 Å². The van der Waals surface area contributed by atoms with Gasteiger partial charge in [-0.15, -0.1) is 0 Å². The van der Waals surface area contributed by atoms with Gasteiger partial charge in [-0.25, -0.2) is 0 Å². The van der Waals surface area contributed by atoms with Crippen LogP contribution in [0.25, 0.3) is 0 Å². The van der Waals surface area contributed by atoms with Crippen LogP contribution in [0.2, 0.25) is 0 Å². The van der Waals surface area contributed by atoms with E-state index in [1.54, 1.807) is 0 Å². The van der Waals surface area contributed by atoms with Gasteiger partial charge in [0.15, 0.2) is 0 Å². The first-order valence-electron chi connectivity index (χ1n) is 4.73. The molecular formula is C10H21N. The summed E-state index contributed by atoms with van der Waals surface area (Å²) in [6.45, 7) is 10.5. The SMILES string of the molecule is CC(CNC1CC1)C(C)(C)C. The summed E-state index contributed by atoms with van der Waals surface area (Å²) in [5.74, 6) is 0.781. The Morgan fingerprint density at radius 3 is 2.27 bits per heavy atom. The molecule has 1 rings (SSSR count). The van der Waals surface area contributed by atoms with Crippen LogP contribution in [0.5, 0.6) is 0 Å². The van der Waals surface area contributed by atoms with E-state index in [2.05, 4.69) is 33.0 Å². The maximum Gasteiger partial charge on any atom is 0.00683 e. The van der Waals surface area contributed by atoms with Gasteiger partial charge in [-0.2, -0.15) is 0 Å². The lowest BCUT2D eigenvalue weighted by molar-refractivity contribution is 0.252. The molecular weight excluding hydrogens is 134 g/mol. The monoisotopic (exact) mass is 155 g/mol. The Kier molecular flexibility index (Phi) is 2.58. The molecule has 1 aliphatic carbocycles. The molecule has 66 valence electrons. The minimum Gasteiger partial charge on any atom is -0.314 e. The van der Waals surface area contributed by atoms with Crippen molar-refractivity contribution in [3.05, 3.63) is 0 Å². The molecule has 1 atom stereocenters. The van der Waals surface area contributed by atoms with Gasteiger partial charge in [-0.3, -0.25) is 0 Å². The van der Waals surface area contributed by atoms with Crippen molar-refractivity contribution in [2.45, 2.75) is 46.6 Å². The largest absolute Gasteiger partial charge is 0.314 e. The molecule has 11 heavy (non-hydrogen) atoms. The van der Waals surface area contributed by atoms with E-state index >= 15 is 0 Å². The van der Waals surface area contributed by atoms with Crippen LogP contribution in [-0.4, -0.2) is 12.6 Å². The molecule has 0 aromatic heterocycles. The number of nitrogens with one attached hydrogen (secondary N) is 1. The topological polar surface area (TPSA) is 12.0 Å². The fourth-order valence-corrected chi connectivity index (χ4v) is 0.937. The summed E-state index contributed by atoms with van der Waals surface area (Å²) < 4.78 is 0. The average Bonchev–Trinajstić information content (AvgIpc) is 2.62. The molecule has 0 aromatic carbocycles. The van der Waals surface area contributed by atoms with Crippen LogP contribution in [0.15, 0.2) is 0 Å². The Balaban J connectivity index is 2.13. The second kappa shape index (κ2) is 3.14. The Bertz CT molecular complexity index is 119. The molecule has 1 heteroatoms. The quantitative estimate of drug-likeness (QED) is 0.660. The Labute approximate surface area is 70.6 Å². The maximum absolute atomic E-state index is 3.56. The van der Waals surface area contributed by atoms with Crippen molar-refractivity contribution < 1.29 is 0 Å². The zero-order valence-electron chi connectivity index (χ0n) is 8.28. The Morgan fingerprint density at radius 1 is 1.36 bits per heavy atom. The third-order valence-electron chi connectivity index (χ3n) is 2.77. The van der Waals surface area contributed by atoms with E-state index < -0.39 is 0 Å². The van der Waals surface area contributed by atoms with Crippen molar-refractivity contribution in [3.63, 3.8) is 0 Å². The van der Waals surface area contributed by atoms with Gasteiger partial charge >= 0.3 is 0 Å². The van der Waals surface area contributed by atoms with E-state index in [9.17, 15) is 0 Å². The van der Waals surface area contributed by atoms with E-state index in [1.165, 1.54) is 19.4 Å². The average molecular weight is 155 g/mol. The smallest absolute Gasteiger partial charge is 0.00683 e. The summed E-state index contributed by atoms with van der Waals surface area (Å²) in [4.78, 5) is 0. The second-order valence-corrected chi connectivity index (χ2v) is 4.95. The molecule has 0 aromatic rings. The van der Waals surface area contributed by atoms with Crippen molar-refractivity contribution in [2.24, 2.45) is 11.3 Å². The summed E-state index contributed by atoms with van der Waals surface area (Å²) in [5.41, 5.74) is 0.460. The van der Waals surface area contributed by atoms with Gasteiger partial charge in [0.1, 0.15) is 0 Å². The maximum atomic E-state index is 3.56. The van der Waals surface area contributed by atoms with Gasteiger partial charge in [0.2, 0.25) is 0 Å². The Morgan fingerprint density at radius 2 is 1.91 bits per heavy atom. The highest BCUT2D eigenvalue weighted by molar-refractivity contribution is 4.83. The van der Waals surface area contributed by atoms with Crippen LogP contribution in [0.1, 0.15) is 40.5 Å². The van der Waals surface area contributed by atoms with Crippen LogP contribution < -0.4 is 5.32 Å². The van der Waals surface area contributed by atoms with Crippen molar-refractivity contribution in [1.29, 1.82) is 0 Å². The van der Waals surface area contributed by atoms with E-state index in [0.717, 1.165) is 12.0 Å². The summed E-state index contributed by atoms with van der Waals surface area (Å²) in [5, 5.41) is 3.56. The van der Waals surface area contributed by atoms with Gasteiger partial charge in [-0.1, -0.05) is 27.7 Å².